The van der Waals surface area contributed by atoms with Crippen LogP contribution in [0.2, 0.25) is 0 Å². The van der Waals surface area contributed by atoms with E-state index in [0.717, 1.165) is 25.1 Å². The molecule has 0 spiro atoms. The van der Waals surface area contributed by atoms with Gasteiger partial charge in [-0.05, 0) is 18.9 Å². The van der Waals surface area contributed by atoms with Crippen LogP contribution in [0.3, 0.4) is 0 Å². The lowest BCUT2D eigenvalue weighted by molar-refractivity contribution is -0.169. The van der Waals surface area contributed by atoms with Gasteiger partial charge >= 0.3 is 11.9 Å². The molecule has 3 heterocycles. The highest BCUT2D eigenvalue weighted by atomic mass is 16.6. The Morgan fingerprint density at radius 2 is 2.19 bits per heavy atom. The lowest BCUT2D eigenvalue weighted by Crippen LogP contribution is -2.44. The summed E-state index contributed by atoms with van der Waals surface area (Å²) in [6.07, 6.45) is 2.64. The molecule has 0 amide bonds. The molecule has 2 fully saturated rings. The number of ether oxygens (including phenoxy) is 2. The molecule has 0 aliphatic carbocycles. The number of carbonyl (C=O) groups excluding carboxylic acids is 2. The molecule has 3 aliphatic rings. The van der Waals surface area contributed by atoms with Crippen LogP contribution in [0.15, 0.2) is 11.6 Å². The summed E-state index contributed by atoms with van der Waals surface area (Å²) >= 11 is 0. The zero-order valence-corrected chi connectivity index (χ0v) is 12.4. The summed E-state index contributed by atoms with van der Waals surface area (Å²) in [6, 6.07) is 0.0140. The van der Waals surface area contributed by atoms with Crippen molar-refractivity contribution in [3.8, 4) is 0 Å². The molecule has 1 N–H and O–H groups in total. The number of cyclic esters (lactones) is 1. The Kier molecular flexibility index (Phi) is 3.53. The molecular formula is C15H21NO5. The van der Waals surface area contributed by atoms with E-state index in [4.69, 9.17) is 9.47 Å². The fourth-order valence-electron chi connectivity index (χ4n) is 3.29. The maximum Gasteiger partial charge on any atom is 0.338 e. The van der Waals surface area contributed by atoms with Gasteiger partial charge < -0.3 is 14.6 Å². The van der Waals surface area contributed by atoms with E-state index in [1.807, 2.05) is 6.08 Å². The summed E-state index contributed by atoms with van der Waals surface area (Å²) in [6.45, 7) is 4.86. The van der Waals surface area contributed by atoms with Gasteiger partial charge in [-0.2, -0.15) is 0 Å². The molecule has 0 bridgehead atoms. The summed E-state index contributed by atoms with van der Waals surface area (Å²) < 4.78 is 10.9. The molecule has 21 heavy (non-hydrogen) atoms. The zero-order valence-electron chi connectivity index (χ0n) is 12.4. The van der Waals surface area contributed by atoms with Gasteiger partial charge in [0.25, 0.3) is 0 Å². The molecule has 6 nitrogen and oxygen atoms in total. The second-order valence-corrected chi connectivity index (χ2v) is 6.36. The third-order valence-corrected chi connectivity index (χ3v) is 4.91. The monoisotopic (exact) mass is 295 g/mol. The standard InChI is InChI=1S/C15H21NO5/c1-9-7-12(17)21-11-4-6-16-5-3-10(13(11)16)8-20-14(18)15(9,2)19/h3,9,11,13,19H,4-8H2,1-2H3/t9-,11-,13-,15+/m1/s1. The van der Waals surface area contributed by atoms with Gasteiger partial charge in [-0.25, -0.2) is 4.79 Å². The first kappa shape index (κ1) is 14.5. The topological polar surface area (TPSA) is 76.1 Å². The van der Waals surface area contributed by atoms with Crippen molar-refractivity contribution in [1.82, 2.24) is 4.90 Å². The number of hydrogen-bond acceptors (Lipinski definition) is 6. The first-order chi connectivity index (χ1) is 9.89. The van der Waals surface area contributed by atoms with Crippen LogP contribution in [0.1, 0.15) is 26.7 Å². The van der Waals surface area contributed by atoms with Crippen molar-refractivity contribution in [3.05, 3.63) is 11.6 Å². The molecule has 0 unspecified atom stereocenters. The molecule has 6 heteroatoms. The zero-order chi connectivity index (χ0) is 15.2. The summed E-state index contributed by atoms with van der Waals surface area (Å²) in [4.78, 5) is 26.4. The van der Waals surface area contributed by atoms with Gasteiger partial charge in [0.05, 0.1) is 12.5 Å². The van der Waals surface area contributed by atoms with Crippen LogP contribution in [0.25, 0.3) is 0 Å². The number of rotatable bonds is 0. The van der Waals surface area contributed by atoms with Crippen LogP contribution >= 0.6 is 0 Å². The maximum atomic E-state index is 12.1. The average Bonchev–Trinajstić information content (AvgIpc) is 2.98. The van der Waals surface area contributed by atoms with Gasteiger partial charge in [-0.1, -0.05) is 13.0 Å². The van der Waals surface area contributed by atoms with E-state index in [-0.39, 0.29) is 31.1 Å². The number of aliphatic hydroxyl groups is 1. The van der Waals surface area contributed by atoms with E-state index in [2.05, 4.69) is 4.90 Å². The van der Waals surface area contributed by atoms with E-state index >= 15 is 0 Å². The van der Waals surface area contributed by atoms with E-state index < -0.39 is 17.5 Å². The fraction of sp³-hybridized carbons (Fsp3) is 0.733. The molecule has 0 aromatic heterocycles. The SMILES string of the molecule is C[C@@H]1CC(=O)O[C@@H]2CCN3CC=C(COC(=O)[C@@]1(C)O)[C@H]23. The first-order valence-corrected chi connectivity index (χ1v) is 7.41. The Morgan fingerprint density at radius 3 is 2.95 bits per heavy atom. The van der Waals surface area contributed by atoms with Crippen LogP contribution in [0.5, 0.6) is 0 Å². The highest BCUT2D eigenvalue weighted by Crippen LogP contribution is 2.33. The van der Waals surface area contributed by atoms with Crippen LogP contribution in [0.4, 0.5) is 0 Å². The molecule has 4 atom stereocenters. The minimum atomic E-state index is -1.68. The minimum Gasteiger partial charge on any atom is -0.460 e. The van der Waals surface area contributed by atoms with E-state index in [0.29, 0.717) is 0 Å². The first-order valence-electron chi connectivity index (χ1n) is 7.41. The molecule has 3 aliphatic heterocycles. The second-order valence-electron chi connectivity index (χ2n) is 6.36. The molecule has 3 rings (SSSR count). The van der Waals surface area contributed by atoms with Crippen LogP contribution in [-0.2, 0) is 19.1 Å². The van der Waals surface area contributed by atoms with Crippen molar-refractivity contribution in [2.24, 2.45) is 5.92 Å². The Labute approximate surface area is 123 Å². The van der Waals surface area contributed by atoms with Crippen LogP contribution in [-0.4, -0.2) is 59.4 Å². The minimum absolute atomic E-state index is 0.00433. The third kappa shape index (κ3) is 2.46. The Balaban J connectivity index is 1.86. The molecule has 0 saturated carbocycles. The summed E-state index contributed by atoms with van der Waals surface area (Å²) in [5.74, 6) is -1.60. The molecule has 0 aromatic rings. The summed E-state index contributed by atoms with van der Waals surface area (Å²) in [5, 5.41) is 10.3. The Morgan fingerprint density at radius 1 is 1.43 bits per heavy atom. The molecule has 0 aromatic carbocycles. The highest BCUT2D eigenvalue weighted by molar-refractivity contribution is 5.81. The van der Waals surface area contributed by atoms with Crippen molar-refractivity contribution in [2.75, 3.05) is 19.7 Å². The predicted molar refractivity (Wildman–Crippen MR) is 73.3 cm³/mol. The maximum absolute atomic E-state index is 12.1. The van der Waals surface area contributed by atoms with E-state index in [9.17, 15) is 14.7 Å². The molecular weight excluding hydrogens is 274 g/mol. The smallest absolute Gasteiger partial charge is 0.338 e. The van der Waals surface area contributed by atoms with Crippen molar-refractivity contribution in [1.29, 1.82) is 0 Å². The van der Waals surface area contributed by atoms with Crippen molar-refractivity contribution < 1.29 is 24.2 Å². The van der Waals surface area contributed by atoms with Gasteiger partial charge in [0.2, 0.25) is 0 Å². The summed E-state index contributed by atoms with van der Waals surface area (Å²) in [5.41, 5.74) is -0.721. The second kappa shape index (κ2) is 5.10. The van der Waals surface area contributed by atoms with Crippen LogP contribution < -0.4 is 0 Å². The van der Waals surface area contributed by atoms with Gasteiger partial charge in [-0.3, -0.25) is 9.69 Å². The molecule has 0 radical (unpaired) electrons. The van der Waals surface area contributed by atoms with Crippen molar-refractivity contribution >= 4 is 11.9 Å². The highest BCUT2D eigenvalue weighted by Gasteiger charge is 2.45. The number of hydrogen-bond donors (Lipinski definition) is 1. The summed E-state index contributed by atoms with van der Waals surface area (Å²) in [7, 11) is 0. The lowest BCUT2D eigenvalue weighted by Gasteiger charge is -2.27. The Bertz CT molecular complexity index is 498. The quantitative estimate of drug-likeness (QED) is 0.510. The van der Waals surface area contributed by atoms with Gasteiger partial charge in [-0.15, -0.1) is 0 Å². The van der Waals surface area contributed by atoms with Crippen molar-refractivity contribution in [3.63, 3.8) is 0 Å². The number of carbonyl (C=O) groups is 2. The predicted octanol–water partition coefficient (Wildman–Crippen LogP) is 0.246. The molecule has 116 valence electrons. The fourth-order valence-corrected chi connectivity index (χ4v) is 3.29. The molecule has 2 saturated heterocycles. The van der Waals surface area contributed by atoms with Crippen LogP contribution in [0, 0.1) is 5.92 Å². The number of esters is 2. The van der Waals surface area contributed by atoms with Crippen molar-refractivity contribution in [2.45, 2.75) is 44.4 Å². The normalized spacial score (nSPS) is 40.9. The largest absolute Gasteiger partial charge is 0.460 e. The van der Waals surface area contributed by atoms with Gasteiger partial charge in [0.1, 0.15) is 12.7 Å². The lowest BCUT2D eigenvalue weighted by atomic mass is 9.88. The van der Waals surface area contributed by atoms with E-state index in [1.54, 1.807) is 6.92 Å². The number of nitrogens with zero attached hydrogens (tertiary/aromatic N) is 1. The third-order valence-electron chi connectivity index (χ3n) is 4.91. The van der Waals surface area contributed by atoms with Gasteiger partial charge in [0, 0.05) is 19.0 Å². The average molecular weight is 295 g/mol. The van der Waals surface area contributed by atoms with E-state index in [1.165, 1.54) is 6.92 Å². The Hall–Kier alpha value is -1.40. The van der Waals surface area contributed by atoms with Gasteiger partial charge in [0.15, 0.2) is 5.60 Å².